The summed E-state index contributed by atoms with van der Waals surface area (Å²) in [4.78, 5) is 1.20. The molecule has 4 heteroatoms. The molecule has 0 radical (unpaired) electrons. The minimum absolute atomic E-state index is 0.0721. The first-order valence-electron chi connectivity index (χ1n) is 4.90. The third-order valence-corrected chi connectivity index (χ3v) is 4.68. The molecular weight excluding hydrogens is 226 g/mol. The molecule has 2 N–H and O–H groups in total. The van der Waals surface area contributed by atoms with Crippen LogP contribution in [0, 0.1) is 0 Å². The van der Waals surface area contributed by atoms with Gasteiger partial charge in [-0.25, -0.2) is 0 Å². The second-order valence-electron chi connectivity index (χ2n) is 3.52. The van der Waals surface area contributed by atoms with Crippen LogP contribution in [0.3, 0.4) is 0 Å². The monoisotopic (exact) mass is 237 g/mol. The number of ether oxygens (including phenoxy) is 1. The Labute approximate surface area is 96.0 Å². The molecule has 0 spiro atoms. The standard InChI is InChI=1S/C11H11NOS2/c12-11(7-2-1-4-13-7)10-6-9-8(15-10)3-5-14-9/h2-3,5-6,11H,1,4,12H2. The number of rotatable bonds is 2. The minimum atomic E-state index is -0.0721. The lowest BCUT2D eigenvalue weighted by Gasteiger charge is -2.10. The number of thiophene rings is 2. The Kier molecular flexibility index (Phi) is 2.27. The van der Waals surface area contributed by atoms with Crippen LogP contribution in [0.4, 0.5) is 0 Å². The third kappa shape index (κ3) is 1.58. The Morgan fingerprint density at radius 1 is 1.40 bits per heavy atom. The fourth-order valence-corrected chi connectivity index (χ4v) is 3.86. The molecule has 0 aliphatic carbocycles. The summed E-state index contributed by atoms with van der Waals surface area (Å²) in [6.45, 7) is 0.781. The first kappa shape index (κ1) is 9.39. The average Bonchev–Trinajstić information content (AvgIpc) is 2.92. The lowest BCUT2D eigenvalue weighted by molar-refractivity contribution is 0.226. The molecule has 0 saturated carbocycles. The van der Waals surface area contributed by atoms with Gasteiger partial charge in [0.05, 0.1) is 12.6 Å². The lowest BCUT2D eigenvalue weighted by Crippen LogP contribution is -2.11. The van der Waals surface area contributed by atoms with Crippen molar-refractivity contribution in [3.05, 3.63) is 34.2 Å². The van der Waals surface area contributed by atoms with Gasteiger partial charge in [-0.1, -0.05) is 0 Å². The van der Waals surface area contributed by atoms with E-state index in [1.54, 1.807) is 22.7 Å². The molecule has 0 fully saturated rings. The molecule has 1 atom stereocenters. The van der Waals surface area contributed by atoms with Crippen LogP contribution in [0.25, 0.3) is 9.40 Å². The van der Waals surface area contributed by atoms with Gasteiger partial charge >= 0.3 is 0 Å². The molecule has 3 heterocycles. The highest BCUT2D eigenvalue weighted by atomic mass is 32.1. The van der Waals surface area contributed by atoms with Gasteiger partial charge in [-0.3, -0.25) is 0 Å². The number of nitrogens with two attached hydrogens (primary N) is 1. The summed E-state index contributed by atoms with van der Waals surface area (Å²) < 4.78 is 8.13. The largest absolute Gasteiger partial charge is 0.496 e. The van der Waals surface area contributed by atoms with Crippen LogP contribution in [0.1, 0.15) is 17.3 Å². The van der Waals surface area contributed by atoms with Crippen LogP contribution in [0.2, 0.25) is 0 Å². The summed E-state index contributed by atoms with van der Waals surface area (Å²) in [5.74, 6) is 0.934. The Balaban J connectivity index is 1.96. The van der Waals surface area contributed by atoms with Crippen LogP contribution in [0.5, 0.6) is 0 Å². The van der Waals surface area contributed by atoms with Gasteiger partial charge in [-0.15, -0.1) is 22.7 Å². The topological polar surface area (TPSA) is 35.2 Å². The lowest BCUT2D eigenvalue weighted by atomic mass is 10.2. The fourth-order valence-electron chi connectivity index (χ4n) is 1.73. The smallest absolute Gasteiger partial charge is 0.114 e. The number of hydrogen-bond acceptors (Lipinski definition) is 4. The molecule has 1 aliphatic heterocycles. The van der Waals surface area contributed by atoms with E-state index in [9.17, 15) is 0 Å². The Bertz CT molecular complexity index is 483. The van der Waals surface area contributed by atoms with E-state index in [1.807, 2.05) is 0 Å². The van der Waals surface area contributed by atoms with Crippen molar-refractivity contribution in [2.24, 2.45) is 5.73 Å². The Hall–Kier alpha value is -0.840. The van der Waals surface area contributed by atoms with Gasteiger partial charge in [0.1, 0.15) is 5.76 Å². The van der Waals surface area contributed by atoms with Crippen LogP contribution in [-0.4, -0.2) is 6.61 Å². The maximum absolute atomic E-state index is 6.15. The fraction of sp³-hybridized carbons (Fsp3) is 0.273. The zero-order chi connectivity index (χ0) is 10.3. The van der Waals surface area contributed by atoms with E-state index in [2.05, 4.69) is 23.6 Å². The molecule has 78 valence electrons. The van der Waals surface area contributed by atoms with Crippen LogP contribution >= 0.6 is 22.7 Å². The predicted molar refractivity (Wildman–Crippen MR) is 65.3 cm³/mol. The summed E-state index contributed by atoms with van der Waals surface area (Å²) in [6, 6.07) is 4.25. The van der Waals surface area contributed by atoms with Crippen molar-refractivity contribution >= 4 is 32.1 Å². The van der Waals surface area contributed by atoms with Gasteiger partial charge in [-0.05, 0) is 23.6 Å². The number of hydrogen-bond donors (Lipinski definition) is 1. The number of fused-ring (bicyclic) bond motifs is 1. The second kappa shape index (κ2) is 3.63. The van der Waals surface area contributed by atoms with Crippen molar-refractivity contribution in [1.29, 1.82) is 0 Å². The summed E-state index contributed by atoms with van der Waals surface area (Å²) in [7, 11) is 0. The van der Waals surface area contributed by atoms with E-state index >= 15 is 0 Å². The quantitative estimate of drug-likeness (QED) is 0.870. The van der Waals surface area contributed by atoms with Gasteiger partial charge in [0.25, 0.3) is 0 Å². The Morgan fingerprint density at radius 2 is 2.33 bits per heavy atom. The van der Waals surface area contributed by atoms with Crippen molar-refractivity contribution in [3.63, 3.8) is 0 Å². The van der Waals surface area contributed by atoms with Crippen molar-refractivity contribution in [3.8, 4) is 0 Å². The molecule has 2 aromatic heterocycles. The van der Waals surface area contributed by atoms with E-state index in [1.165, 1.54) is 14.3 Å². The van der Waals surface area contributed by atoms with E-state index in [-0.39, 0.29) is 6.04 Å². The van der Waals surface area contributed by atoms with Gasteiger partial charge in [0, 0.05) is 20.7 Å². The average molecular weight is 237 g/mol. The zero-order valence-electron chi connectivity index (χ0n) is 8.10. The molecule has 0 bridgehead atoms. The molecule has 0 amide bonds. The highest BCUT2D eigenvalue weighted by molar-refractivity contribution is 7.26. The zero-order valence-corrected chi connectivity index (χ0v) is 9.74. The van der Waals surface area contributed by atoms with Gasteiger partial charge in [-0.2, -0.15) is 0 Å². The molecule has 0 aromatic carbocycles. The highest BCUT2D eigenvalue weighted by Gasteiger charge is 2.18. The minimum Gasteiger partial charge on any atom is -0.496 e. The third-order valence-electron chi connectivity index (χ3n) is 2.50. The first-order valence-corrected chi connectivity index (χ1v) is 6.59. The molecule has 0 saturated heterocycles. The summed E-state index contributed by atoms with van der Waals surface area (Å²) in [5.41, 5.74) is 6.15. The van der Waals surface area contributed by atoms with E-state index in [0.29, 0.717) is 0 Å². The summed E-state index contributed by atoms with van der Waals surface area (Å²) >= 11 is 3.53. The molecule has 3 rings (SSSR count). The van der Waals surface area contributed by atoms with Crippen molar-refractivity contribution in [2.45, 2.75) is 12.5 Å². The molecule has 2 aromatic rings. The highest BCUT2D eigenvalue weighted by Crippen LogP contribution is 2.35. The molecular formula is C11H11NOS2. The van der Waals surface area contributed by atoms with E-state index < -0.39 is 0 Å². The van der Waals surface area contributed by atoms with Gasteiger partial charge in [0.2, 0.25) is 0 Å². The SMILES string of the molecule is NC(C1=CCCO1)c1cc2sccc2s1. The van der Waals surface area contributed by atoms with E-state index in [4.69, 9.17) is 10.5 Å². The molecule has 2 nitrogen and oxygen atoms in total. The van der Waals surface area contributed by atoms with Crippen molar-refractivity contribution < 1.29 is 4.74 Å². The van der Waals surface area contributed by atoms with Gasteiger partial charge in [0.15, 0.2) is 0 Å². The molecule has 15 heavy (non-hydrogen) atoms. The summed E-state index contributed by atoms with van der Waals surface area (Å²) in [5, 5.41) is 2.11. The predicted octanol–water partition coefficient (Wildman–Crippen LogP) is 3.27. The molecule has 1 unspecified atom stereocenters. The normalized spacial score (nSPS) is 17.8. The van der Waals surface area contributed by atoms with Crippen molar-refractivity contribution in [2.75, 3.05) is 6.61 Å². The maximum atomic E-state index is 6.15. The van der Waals surface area contributed by atoms with E-state index in [0.717, 1.165) is 18.8 Å². The maximum Gasteiger partial charge on any atom is 0.114 e. The second-order valence-corrected chi connectivity index (χ2v) is 5.58. The van der Waals surface area contributed by atoms with Crippen LogP contribution in [0.15, 0.2) is 29.3 Å². The Morgan fingerprint density at radius 3 is 3.07 bits per heavy atom. The first-order chi connectivity index (χ1) is 7.34. The van der Waals surface area contributed by atoms with Crippen LogP contribution in [-0.2, 0) is 4.74 Å². The molecule has 1 aliphatic rings. The summed E-state index contributed by atoms with van der Waals surface area (Å²) in [6.07, 6.45) is 3.08. The van der Waals surface area contributed by atoms with Crippen LogP contribution < -0.4 is 5.73 Å². The van der Waals surface area contributed by atoms with Crippen molar-refractivity contribution in [1.82, 2.24) is 0 Å². The van der Waals surface area contributed by atoms with Gasteiger partial charge < -0.3 is 10.5 Å².